The Kier molecular flexibility index (Phi) is 5.92. The molecular formula is C13H21ClN2OS. The van der Waals surface area contributed by atoms with E-state index in [1.54, 1.807) is 11.3 Å². The molecule has 1 aliphatic rings. The highest BCUT2D eigenvalue weighted by atomic mass is 35.5. The van der Waals surface area contributed by atoms with Gasteiger partial charge in [0.15, 0.2) is 0 Å². The van der Waals surface area contributed by atoms with E-state index < -0.39 is 0 Å². The molecule has 18 heavy (non-hydrogen) atoms. The minimum Gasteiger partial charge on any atom is -0.379 e. The highest BCUT2D eigenvalue weighted by Crippen LogP contribution is 2.24. The van der Waals surface area contributed by atoms with E-state index in [0.29, 0.717) is 6.04 Å². The summed E-state index contributed by atoms with van der Waals surface area (Å²) in [6.45, 7) is 8.33. The van der Waals surface area contributed by atoms with Crippen molar-refractivity contribution in [3.8, 4) is 0 Å². The summed E-state index contributed by atoms with van der Waals surface area (Å²) in [5, 5.41) is 5.67. The Morgan fingerprint density at radius 2 is 2.28 bits per heavy atom. The van der Waals surface area contributed by atoms with Crippen molar-refractivity contribution in [3.05, 3.63) is 21.3 Å². The maximum Gasteiger partial charge on any atom is 0.0931 e. The second-order valence-electron chi connectivity index (χ2n) is 4.67. The first-order valence-electron chi connectivity index (χ1n) is 6.53. The van der Waals surface area contributed by atoms with E-state index in [1.807, 2.05) is 6.07 Å². The number of nitrogens with one attached hydrogen (secondary N) is 1. The van der Waals surface area contributed by atoms with E-state index in [9.17, 15) is 0 Å². The van der Waals surface area contributed by atoms with Gasteiger partial charge >= 0.3 is 0 Å². The predicted molar refractivity (Wildman–Crippen MR) is 77.6 cm³/mol. The Morgan fingerprint density at radius 3 is 2.94 bits per heavy atom. The fourth-order valence-corrected chi connectivity index (χ4v) is 3.10. The van der Waals surface area contributed by atoms with Crippen LogP contribution in [0, 0.1) is 0 Å². The van der Waals surface area contributed by atoms with Gasteiger partial charge in [-0.15, -0.1) is 11.3 Å². The lowest BCUT2D eigenvalue weighted by Crippen LogP contribution is -2.37. The van der Waals surface area contributed by atoms with Crippen LogP contribution in [0.1, 0.15) is 24.9 Å². The second kappa shape index (κ2) is 7.46. The highest BCUT2D eigenvalue weighted by molar-refractivity contribution is 7.14. The fraction of sp³-hybridized carbons (Fsp3) is 0.692. The maximum atomic E-state index is 5.94. The zero-order valence-electron chi connectivity index (χ0n) is 10.8. The van der Waals surface area contributed by atoms with Crippen LogP contribution in [0.5, 0.6) is 0 Å². The molecule has 1 saturated heterocycles. The van der Waals surface area contributed by atoms with Crippen LogP contribution in [0.3, 0.4) is 0 Å². The van der Waals surface area contributed by atoms with E-state index >= 15 is 0 Å². The standard InChI is InChI=1S/C13H21ClN2OS/c1-11(12-9-13(14)18-10-12)15-3-2-4-16-5-7-17-8-6-16/h9-11,15H,2-8H2,1H3. The molecular weight excluding hydrogens is 268 g/mol. The van der Waals surface area contributed by atoms with Gasteiger partial charge in [0, 0.05) is 19.1 Å². The number of thiophene rings is 1. The summed E-state index contributed by atoms with van der Waals surface area (Å²) >= 11 is 7.54. The minimum absolute atomic E-state index is 0.387. The molecule has 1 aromatic rings. The van der Waals surface area contributed by atoms with Crippen LogP contribution < -0.4 is 5.32 Å². The van der Waals surface area contributed by atoms with Gasteiger partial charge in [-0.2, -0.15) is 0 Å². The van der Waals surface area contributed by atoms with Gasteiger partial charge in [0.1, 0.15) is 0 Å². The zero-order valence-corrected chi connectivity index (χ0v) is 12.4. The molecule has 3 nitrogen and oxygen atoms in total. The summed E-state index contributed by atoms with van der Waals surface area (Å²) in [6, 6.07) is 2.43. The molecule has 2 heterocycles. The van der Waals surface area contributed by atoms with Gasteiger partial charge in [0.25, 0.3) is 0 Å². The lowest BCUT2D eigenvalue weighted by molar-refractivity contribution is 0.0374. The fourth-order valence-electron chi connectivity index (χ4n) is 2.11. The van der Waals surface area contributed by atoms with Crippen molar-refractivity contribution in [2.24, 2.45) is 0 Å². The topological polar surface area (TPSA) is 24.5 Å². The van der Waals surface area contributed by atoms with Gasteiger partial charge in [-0.3, -0.25) is 4.90 Å². The summed E-state index contributed by atoms with van der Waals surface area (Å²) in [5.74, 6) is 0. The Balaban J connectivity index is 1.60. The zero-order chi connectivity index (χ0) is 12.8. The van der Waals surface area contributed by atoms with Crippen molar-refractivity contribution >= 4 is 22.9 Å². The molecule has 0 saturated carbocycles. The molecule has 0 aromatic carbocycles. The lowest BCUT2D eigenvalue weighted by Gasteiger charge is -2.26. The molecule has 1 N–H and O–H groups in total. The summed E-state index contributed by atoms with van der Waals surface area (Å²) < 4.78 is 6.20. The van der Waals surface area contributed by atoms with Crippen LogP contribution in [0.15, 0.2) is 11.4 Å². The van der Waals surface area contributed by atoms with Gasteiger partial charge in [-0.1, -0.05) is 11.6 Å². The Labute approximate surface area is 118 Å². The average Bonchev–Trinajstić information content (AvgIpc) is 2.82. The first-order valence-corrected chi connectivity index (χ1v) is 7.79. The summed E-state index contributed by atoms with van der Waals surface area (Å²) in [5.41, 5.74) is 1.29. The van der Waals surface area contributed by atoms with E-state index in [0.717, 1.165) is 43.7 Å². The van der Waals surface area contributed by atoms with Crippen LogP contribution >= 0.6 is 22.9 Å². The number of hydrogen-bond donors (Lipinski definition) is 1. The monoisotopic (exact) mass is 288 g/mol. The number of halogens is 1. The van der Waals surface area contributed by atoms with Gasteiger partial charge in [0.2, 0.25) is 0 Å². The van der Waals surface area contributed by atoms with Crippen molar-refractivity contribution < 1.29 is 4.74 Å². The van der Waals surface area contributed by atoms with E-state index in [4.69, 9.17) is 16.3 Å². The smallest absolute Gasteiger partial charge is 0.0931 e. The van der Waals surface area contributed by atoms with Crippen molar-refractivity contribution in [3.63, 3.8) is 0 Å². The van der Waals surface area contributed by atoms with Crippen molar-refractivity contribution in [2.75, 3.05) is 39.4 Å². The SMILES string of the molecule is CC(NCCCN1CCOCC1)c1csc(Cl)c1. The third kappa shape index (κ3) is 4.52. The van der Waals surface area contributed by atoms with Crippen molar-refractivity contribution in [1.82, 2.24) is 10.2 Å². The molecule has 2 rings (SSSR count). The van der Waals surface area contributed by atoms with Gasteiger partial charge < -0.3 is 10.1 Å². The maximum absolute atomic E-state index is 5.94. The van der Waals surface area contributed by atoms with E-state index in [-0.39, 0.29) is 0 Å². The molecule has 5 heteroatoms. The van der Waals surface area contributed by atoms with Gasteiger partial charge in [-0.05, 0) is 43.4 Å². The number of ether oxygens (including phenoxy) is 1. The van der Waals surface area contributed by atoms with Crippen molar-refractivity contribution in [2.45, 2.75) is 19.4 Å². The van der Waals surface area contributed by atoms with Crippen LogP contribution in [0.4, 0.5) is 0 Å². The number of hydrogen-bond acceptors (Lipinski definition) is 4. The first kappa shape index (κ1) is 14.3. The Morgan fingerprint density at radius 1 is 1.50 bits per heavy atom. The normalized spacial score (nSPS) is 19.0. The lowest BCUT2D eigenvalue weighted by atomic mass is 10.2. The largest absolute Gasteiger partial charge is 0.379 e. The molecule has 0 spiro atoms. The van der Waals surface area contributed by atoms with E-state index in [2.05, 4.69) is 22.5 Å². The van der Waals surface area contributed by atoms with Gasteiger partial charge in [-0.25, -0.2) is 0 Å². The van der Waals surface area contributed by atoms with Crippen molar-refractivity contribution in [1.29, 1.82) is 0 Å². The first-order chi connectivity index (χ1) is 8.75. The molecule has 1 unspecified atom stereocenters. The average molecular weight is 289 g/mol. The minimum atomic E-state index is 0.387. The van der Waals surface area contributed by atoms with Crippen LogP contribution in [0.25, 0.3) is 0 Å². The molecule has 1 atom stereocenters. The highest BCUT2D eigenvalue weighted by Gasteiger charge is 2.10. The Hall–Kier alpha value is -0.130. The molecule has 0 amide bonds. The quantitative estimate of drug-likeness (QED) is 0.815. The number of nitrogens with zero attached hydrogens (tertiary/aromatic N) is 1. The summed E-state index contributed by atoms with van der Waals surface area (Å²) in [7, 11) is 0. The third-order valence-electron chi connectivity index (χ3n) is 3.29. The summed E-state index contributed by atoms with van der Waals surface area (Å²) in [6.07, 6.45) is 1.18. The molecule has 1 aliphatic heterocycles. The van der Waals surface area contributed by atoms with E-state index in [1.165, 1.54) is 12.0 Å². The Bertz CT molecular complexity index is 353. The van der Waals surface area contributed by atoms with Crippen LogP contribution in [0.2, 0.25) is 4.34 Å². The molecule has 1 aromatic heterocycles. The van der Waals surface area contributed by atoms with Crippen LogP contribution in [-0.4, -0.2) is 44.3 Å². The molecule has 0 radical (unpaired) electrons. The third-order valence-corrected chi connectivity index (χ3v) is 4.40. The predicted octanol–water partition coefficient (Wildman–Crippen LogP) is 2.77. The molecule has 102 valence electrons. The van der Waals surface area contributed by atoms with Crippen LogP contribution in [-0.2, 0) is 4.74 Å². The summed E-state index contributed by atoms with van der Waals surface area (Å²) in [4.78, 5) is 2.47. The molecule has 1 fully saturated rings. The molecule has 0 bridgehead atoms. The second-order valence-corrected chi connectivity index (χ2v) is 6.21. The number of morpholine rings is 1. The molecule has 0 aliphatic carbocycles. The van der Waals surface area contributed by atoms with Gasteiger partial charge in [0.05, 0.1) is 17.6 Å². The number of rotatable bonds is 6.